The van der Waals surface area contributed by atoms with E-state index in [1.54, 1.807) is 11.3 Å². The second-order valence-corrected chi connectivity index (χ2v) is 8.19. The first kappa shape index (κ1) is 18.6. The van der Waals surface area contributed by atoms with Crippen molar-refractivity contribution in [2.75, 3.05) is 18.9 Å². The summed E-state index contributed by atoms with van der Waals surface area (Å²) in [5, 5.41) is 5.65. The van der Waals surface area contributed by atoms with Crippen LogP contribution in [0.2, 0.25) is 0 Å². The number of benzene rings is 1. The third-order valence-electron chi connectivity index (χ3n) is 3.54. The number of carbonyl (C=O) groups excluding carboxylic acids is 1. The molecule has 1 amide bonds. The van der Waals surface area contributed by atoms with Gasteiger partial charge >= 0.3 is 6.18 Å². The Morgan fingerprint density at radius 3 is 2.92 bits per heavy atom. The highest BCUT2D eigenvalue weighted by molar-refractivity contribution is 9.10. The number of alkyl halides is 3. The Kier molecular flexibility index (Phi) is 5.65. The Morgan fingerprint density at radius 2 is 2.16 bits per heavy atom. The summed E-state index contributed by atoms with van der Waals surface area (Å²) >= 11 is 5.90. The summed E-state index contributed by atoms with van der Waals surface area (Å²) in [6.07, 6.45) is -4.11. The van der Waals surface area contributed by atoms with E-state index in [0.717, 1.165) is 31.9 Å². The van der Waals surface area contributed by atoms with E-state index in [1.165, 1.54) is 0 Å². The number of rotatable bonds is 4. The molecular formula is C16H13BrF3NO2S2. The lowest BCUT2D eigenvalue weighted by atomic mass is 10.1. The molecular weight excluding hydrogens is 439 g/mol. The number of fused-ring (bicyclic) bond motifs is 1. The zero-order valence-electron chi connectivity index (χ0n) is 12.8. The maximum Gasteiger partial charge on any atom is 0.450 e. The minimum atomic E-state index is -4.66. The Hall–Kier alpha value is -1.19. The molecule has 0 radical (unpaired) electrons. The Labute approximate surface area is 158 Å². The number of amides is 1. The second-order valence-electron chi connectivity index (χ2n) is 5.26. The SMILES string of the molecule is O=C(NCCc1csc2ccc(Br)cc12)C1=C(C(F)(F)F)OCCS1. The van der Waals surface area contributed by atoms with Gasteiger partial charge in [0.1, 0.15) is 4.91 Å². The third-order valence-corrected chi connectivity index (χ3v) is 6.08. The number of allylic oxidation sites excluding steroid dienone is 1. The van der Waals surface area contributed by atoms with Crippen LogP contribution in [-0.4, -0.2) is 31.0 Å². The van der Waals surface area contributed by atoms with Gasteiger partial charge in [-0.3, -0.25) is 4.79 Å². The van der Waals surface area contributed by atoms with Crippen molar-refractivity contribution in [3.05, 3.63) is 44.3 Å². The van der Waals surface area contributed by atoms with Crippen molar-refractivity contribution in [1.82, 2.24) is 5.32 Å². The van der Waals surface area contributed by atoms with Gasteiger partial charge in [0.15, 0.2) is 0 Å². The zero-order valence-corrected chi connectivity index (χ0v) is 16.0. The maximum atomic E-state index is 12.9. The second kappa shape index (κ2) is 7.59. The average Bonchev–Trinajstić information content (AvgIpc) is 2.96. The lowest BCUT2D eigenvalue weighted by Gasteiger charge is -2.21. The topological polar surface area (TPSA) is 38.3 Å². The van der Waals surface area contributed by atoms with Crippen molar-refractivity contribution >= 4 is 55.0 Å². The standard InChI is InChI=1S/C16H13BrF3NO2S2/c17-10-1-2-12-11(7-10)9(8-25-12)3-4-21-15(22)13-14(16(18,19)20)23-5-6-24-13/h1-2,7-8H,3-6H2,(H,21,22). The molecule has 3 rings (SSSR count). The Balaban J connectivity index is 1.67. The van der Waals surface area contributed by atoms with E-state index >= 15 is 0 Å². The summed E-state index contributed by atoms with van der Waals surface area (Å²) in [7, 11) is 0. The number of carbonyl (C=O) groups is 1. The Bertz CT molecular complexity index is 832. The molecule has 1 aromatic heterocycles. The number of ether oxygens (including phenoxy) is 1. The van der Waals surface area contributed by atoms with Crippen molar-refractivity contribution in [3.8, 4) is 0 Å². The van der Waals surface area contributed by atoms with Crippen LogP contribution in [0.25, 0.3) is 10.1 Å². The molecule has 0 saturated carbocycles. The molecule has 0 saturated heterocycles. The molecule has 0 spiro atoms. The van der Waals surface area contributed by atoms with E-state index in [-0.39, 0.29) is 13.2 Å². The van der Waals surface area contributed by atoms with E-state index in [9.17, 15) is 18.0 Å². The molecule has 0 unspecified atom stereocenters. The summed E-state index contributed by atoms with van der Waals surface area (Å²) in [6, 6.07) is 5.95. The minimum absolute atomic E-state index is 0.0495. The molecule has 0 atom stereocenters. The smallest absolute Gasteiger partial charge is 0.450 e. The van der Waals surface area contributed by atoms with E-state index in [1.807, 2.05) is 23.6 Å². The average molecular weight is 452 g/mol. The first-order valence-corrected chi connectivity index (χ1v) is 10.0. The number of halogens is 4. The fraction of sp³-hybridized carbons (Fsp3) is 0.312. The van der Waals surface area contributed by atoms with Crippen LogP contribution >= 0.6 is 39.0 Å². The highest BCUT2D eigenvalue weighted by atomic mass is 79.9. The van der Waals surface area contributed by atoms with Gasteiger partial charge in [-0.1, -0.05) is 15.9 Å². The molecule has 1 aliphatic heterocycles. The predicted molar refractivity (Wildman–Crippen MR) is 97.7 cm³/mol. The van der Waals surface area contributed by atoms with Crippen LogP contribution < -0.4 is 5.32 Å². The van der Waals surface area contributed by atoms with Crippen molar-refractivity contribution < 1.29 is 22.7 Å². The van der Waals surface area contributed by atoms with Crippen molar-refractivity contribution in [2.45, 2.75) is 12.6 Å². The number of thioether (sulfide) groups is 1. The van der Waals surface area contributed by atoms with Crippen LogP contribution in [0.15, 0.2) is 38.7 Å². The number of thiophene rings is 1. The van der Waals surface area contributed by atoms with E-state index in [2.05, 4.69) is 26.0 Å². The van der Waals surface area contributed by atoms with Crippen molar-refractivity contribution in [2.24, 2.45) is 0 Å². The molecule has 1 N–H and O–H groups in total. The van der Waals surface area contributed by atoms with Gasteiger partial charge in [-0.15, -0.1) is 23.1 Å². The number of hydrogen-bond donors (Lipinski definition) is 1. The van der Waals surface area contributed by atoms with Gasteiger partial charge < -0.3 is 10.1 Å². The van der Waals surface area contributed by atoms with E-state index < -0.39 is 22.7 Å². The lowest BCUT2D eigenvalue weighted by molar-refractivity contribution is -0.134. The molecule has 9 heteroatoms. The molecule has 134 valence electrons. The van der Waals surface area contributed by atoms with Crippen LogP contribution in [0.4, 0.5) is 13.2 Å². The summed E-state index contributed by atoms with van der Waals surface area (Å²) in [5.74, 6) is -1.60. The molecule has 0 aliphatic carbocycles. The van der Waals surface area contributed by atoms with Gasteiger partial charge in [0.05, 0.1) is 6.61 Å². The Morgan fingerprint density at radius 1 is 1.36 bits per heavy atom. The van der Waals surface area contributed by atoms with Crippen LogP contribution in [0.1, 0.15) is 5.56 Å². The van der Waals surface area contributed by atoms with Gasteiger partial charge in [-0.2, -0.15) is 13.2 Å². The molecule has 2 heterocycles. The predicted octanol–water partition coefficient (Wildman–Crippen LogP) is 4.86. The van der Waals surface area contributed by atoms with Crippen LogP contribution in [0.3, 0.4) is 0 Å². The molecule has 1 aromatic carbocycles. The van der Waals surface area contributed by atoms with Crippen LogP contribution in [-0.2, 0) is 16.0 Å². The highest BCUT2D eigenvalue weighted by Gasteiger charge is 2.42. The molecule has 0 fully saturated rings. The summed E-state index contributed by atoms with van der Waals surface area (Å²) in [6.45, 7) is 0.207. The monoisotopic (exact) mass is 451 g/mol. The largest absolute Gasteiger partial charge is 0.487 e. The van der Waals surface area contributed by atoms with Crippen LogP contribution in [0.5, 0.6) is 0 Å². The fourth-order valence-corrected chi connectivity index (χ4v) is 4.65. The fourth-order valence-electron chi connectivity index (χ4n) is 2.44. The van der Waals surface area contributed by atoms with Gasteiger partial charge in [0.2, 0.25) is 5.76 Å². The highest BCUT2D eigenvalue weighted by Crippen LogP contribution is 2.36. The van der Waals surface area contributed by atoms with Crippen molar-refractivity contribution in [1.29, 1.82) is 0 Å². The first-order chi connectivity index (χ1) is 11.9. The van der Waals surface area contributed by atoms with Gasteiger partial charge in [0, 0.05) is 21.5 Å². The number of hydrogen-bond acceptors (Lipinski definition) is 4. The molecule has 1 aliphatic rings. The normalized spacial score (nSPS) is 15.4. The first-order valence-electron chi connectivity index (χ1n) is 7.37. The summed E-state index contributed by atoms with van der Waals surface area (Å²) in [4.78, 5) is 11.7. The molecule has 25 heavy (non-hydrogen) atoms. The summed E-state index contributed by atoms with van der Waals surface area (Å²) in [5.41, 5.74) is 1.05. The molecule has 0 bridgehead atoms. The third kappa shape index (κ3) is 4.32. The molecule has 3 nitrogen and oxygen atoms in total. The van der Waals surface area contributed by atoms with E-state index in [4.69, 9.17) is 0 Å². The summed E-state index contributed by atoms with van der Waals surface area (Å²) < 4.78 is 45.5. The van der Waals surface area contributed by atoms with Gasteiger partial charge in [0.25, 0.3) is 5.91 Å². The maximum absolute atomic E-state index is 12.9. The molecule has 2 aromatic rings. The van der Waals surface area contributed by atoms with Crippen LogP contribution in [0, 0.1) is 0 Å². The number of nitrogens with one attached hydrogen (secondary N) is 1. The minimum Gasteiger partial charge on any atom is -0.487 e. The van der Waals surface area contributed by atoms with Crippen molar-refractivity contribution in [3.63, 3.8) is 0 Å². The zero-order chi connectivity index (χ0) is 18.0. The quantitative estimate of drug-likeness (QED) is 0.721. The lowest BCUT2D eigenvalue weighted by Crippen LogP contribution is -2.31. The van der Waals surface area contributed by atoms with E-state index in [0.29, 0.717) is 12.2 Å². The van der Waals surface area contributed by atoms with Gasteiger partial charge in [-0.25, -0.2) is 0 Å². The van der Waals surface area contributed by atoms with Gasteiger partial charge in [-0.05, 0) is 40.9 Å².